The molecule has 0 aliphatic heterocycles. The zero-order valence-electron chi connectivity index (χ0n) is 13.3. The first-order valence-corrected chi connectivity index (χ1v) is 7.85. The molecule has 112 valence electrons. The molecule has 0 aromatic carbocycles. The minimum atomic E-state index is 0.469. The maximum Gasteiger partial charge on any atom is 0.147 e. The van der Waals surface area contributed by atoms with E-state index in [2.05, 4.69) is 43.0 Å². The molecule has 1 fully saturated rings. The van der Waals surface area contributed by atoms with E-state index in [9.17, 15) is 0 Å². The largest absolute Gasteiger partial charge is 0.355 e. The number of anilines is 1. The first kappa shape index (κ1) is 15.2. The van der Waals surface area contributed by atoms with Crippen molar-refractivity contribution in [2.75, 3.05) is 11.9 Å². The van der Waals surface area contributed by atoms with Crippen molar-refractivity contribution in [2.24, 2.45) is 5.92 Å². The van der Waals surface area contributed by atoms with Gasteiger partial charge < -0.3 is 10.2 Å². The molecule has 2 atom stereocenters. The molecule has 1 aliphatic carbocycles. The van der Waals surface area contributed by atoms with E-state index < -0.39 is 0 Å². The predicted octanol–water partition coefficient (Wildman–Crippen LogP) is 2.99. The zero-order chi connectivity index (χ0) is 14.5. The third kappa shape index (κ3) is 3.92. The number of nitrogens with zero attached hydrogens (tertiary/aromatic N) is 3. The predicted molar refractivity (Wildman–Crippen MR) is 83.8 cm³/mol. The molecule has 0 bridgehead atoms. The number of rotatable bonds is 5. The van der Waals surface area contributed by atoms with E-state index in [-0.39, 0.29) is 0 Å². The Balaban J connectivity index is 2.05. The standard InChI is InChI=1S/C16H28N4/c1-12(2)18-10-14-9-17-11-16(19-14)20(4)15-8-6-5-7-13(15)3/h9,11-13,15,18H,5-8,10H2,1-4H3. The third-order valence-corrected chi connectivity index (χ3v) is 4.29. The number of aromatic nitrogens is 2. The summed E-state index contributed by atoms with van der Waals surface area (Å²) >= 11 is 0. The Hall–Kier alpha value is -1.16. The molecule has 0 radical (unpaired) electrons. The summed E-state index contributed by atoms with van der Waals surface area (Å²) < 4.78 is 0. The first-order chi connectivity index (χ1) is 9.58. The van der Waals surface area contributed by atoms with Crippen LogP contribution in [0.1, 0.15) is 52.1 Å². The van der Waals surface area contributed by atoms with Crippen molar-refractivity contribution in [1.29, 1.82) is 0 Å². The molecule has 2 unspecified atom stereocenters. The molecule has 1 N–H and O–H groups in total. The monoisotopic (exact) mass is 276 g/mol. The van der Waals surface area contributed by atoms with Gasteiger partial charge in [0.2, 0.25) is 0 Å². The van der Waals surface area contributed by atoms with Gasteiger partial charge in [-0.1, -0.05) is 33.6 Å². The normalized spacial score (nSPS) is 23.1. The van der Waals surface area contributed by atoms with Crippen LogP contribution in [0.25, 0.3) is 0 Å². The van der Waals surface area contributed by atoms with Crippen molar-refractivity contribution in [3.05, 3.63) is 18.1 Å². The average molecular weight is 276 g/mol. The van der Waals surface area contributed by atoms with Crippen molar-refractivity contribution >= 4 is 5.82 Å². The van der Waals surface area contributed by atoms with Gasteiger partial charge in [-0.2, -0.15) is 0 Å². The summed E-state index contributed by atoms with van der Waals surface area (Å²) in [7, 11) is 2.16. The molecule has 4 heteroatoms. The Morgan fingerprint density at radius 2 is 2.05 bits per heavy atom. The fraction of sp³-hybridized carbons (Fsp3) is 0.750. The summed E-state index contributed by atoms with van der Waals surface area (Å²) in [5.74, 6) is 1.75. The van der Waals surface area contributed by atoms with Crippen LogP contribution in [0.5, 0.6) is 0 Å². The van der Waals surface area contributed by atoms with Crippen molar-refractivity contribution in [3.63, 3.8) is 0 Å². The molecule has 20 heavy (non-hydrogen) atoms. The van der Waals surface area contributed by atoms with Crippen molar-refractivity contribution in [3.8, 4) is 0 Å². The lowest BCUT2D eigenvalue weighted by Gasteiger charge is -2.36. The molecule has 0 saturated heterocycles. The molecule has 0 amide bonds. The average Bonchev–Trinajstić information content (AvgIpc) is 2.45. The van der Waals surface area contributed by atoms with Gasteiger partial charge in [-0.05, 0) is 18.8 Å². The van der Waals surface area contributed by atoms with E-state index in [1.165, 1.54) is 25.7 Å². The smallest absolute Gasteiger partial charge is 0.147 e. The van der Waals surface area contributed by atoms with Crippen LogP contribution in [0, 0.1) is 5.92 Å². The van der Waals surface area contributed by atoms with Crippen LogP contribution in [0.15, 0.2) is 12.4 Å². The second kappa shape index (κ2) is 7.02. The fourth-order valence-electron chi connectivity index (χ4n) is 3.00. The summed E-state index contributed by atoms with van der Waals surface area (Å²) in [4.78, 5) is 11.4. The summed E-state index contributed by atoms with van der Waals surface area (Å²) in [6, 6.07) is 1.07. The summed E-state index contributed by atoms with van der Waals surface area (Å²) in [5, 5.41) is 3.40. The van der Waals surface area contributed by atoms with Crippen LogP contribution < -0.4 is 10.2 Å². The van der Waals surface area contributed by atoms with Crippen LogP contribution >= 0.6 is 0 Å². The van der Waals surface area contributed by atoms with Gasteiger partial charge in [0.1, 0.15) is 5.82 Å². The number of hydrogen-bond donors (Lipinski definition) is 1. The highest BCUT2D eigenvalue weighted by Crippen LogP contribution is 2.29. The van der Waals surface area contributed by atoms with Gasteiger partial charge in [0, 0.05) is 31.9 Å². The number of hydrogen-bond acceptors (Lipinski definition) is 4. The lowest BCUT2D eigenvalue weighted by molar-refractivity contribution is 0.320. The molecule has 4 nitrogen and oxygen atoms in total. The van der Waals surface area contributed by atoms with Crippen LogP contribution in [0.2, 0.25) is 0 Å². The van der Waals surface area contributed by atoms with Gasteiger partial charge in [-0.3, -0.25) is 4.98 Å². The molecular weight excluding hydrogens is 248 g/mol. The van der Waals surface area contributed by atoms with Crippen LogP contribution in [0.4, 0.5) is 5.82 Å². The van der Waals surface area contributed by atoms with Gasteiger partial charge in [-0.15, -0.1) is 0 Å². The van der Waals surface area contributed by atoms with E-state index in [4.69, 9.17) is 4.98 Å². The van der Waals surface area contributed by atoms with Crippen LogP contribution in [-0.4, -0.2) is 29.1 Å². The minimum Gasteiger partial charge on any atom is -0.355 e. The Morgan fingerprint density at radius 3 is 2.75 bits per heavy atom. The van der Waals surface area contributed by atoms with Crippen molar-refractivity contribution in [2.45, 2.75) is 65.1 Å². The molecule has 1 heterocycles. The lowest BCUT2D eigenvalue weighted by atomic mass is 9.85. The first-order valence-electron chi connectivity index (χ1n) is 7.85. The Labute approximate surface area is 123 Å². The van der Waals surface area contributed by atoms with Crippen LogP contribution in [0.3, 0.4) is 0 Å². The van der Waals surface area contributed by atoms with E-state index in [1.807, 2.05) is 12.4 Å². The highest BCUT2D eigenvalue weighted by Gasteiger charge is 2.25. The summed E-state index contributed by atoms with van der Waals surface area (Å²) in [5.41, 5.74) is 1.02. The van der Waals surface area contributed by atoms with Gasteiger partial charge in [0.15, 0.2) is 0 Å². The summed E-state index contributed by atoms with van der Waals surface area (Å²) in [6.45, 7) is 7.44. The molecular formula is C16H28N4. The molecule has 0 spiro atoms. The lowest BCUT2D eigenvalue weighted by Crippen LogP contribution is -2.39. The minimum absolute atomic E-state index is 0.469. The Morgan fingerprint density at radius 1 is 1.30 bits per heavy atom. The third-order valence-electron chi connectivity index (χ3n) is 4.29. The Bertz CT molecular complexity index is 419. The molecule has 1 aromatic rings. The van der Waals surface area contributed by atoms with Gasteiger partial charge in [-0.25, -0.2) is 4.98 Å². The SMILES string of the molecule is CC(C)NCc1cncc(N(C)C2CCCCC2C)n1. The van der Waals surface area contributed by atoms with E-state index in [1.54, 1.807) is 0 Å². The van der Waals surface area contributed by atoms with Crippen molar-refractivity contribution < 1.29 is 0 Å². The molecule has 1 saturated carbocycles. The van der Waals surface area contributed by atoms with E-state index >= 15 is 0 Å². The molecule has 2 rings (SSSR count). The second-order valence-corrected chi connectivity index (χ2v) is 6.34. The highest BCUT2D eigenvalue weighted by atomic mass is 15.2. The van der Waals surface area contributed by atoms with Gasteiger partial charge in [0.05, 0.1) is 11.9 Å². The second-order valence-electron chi connectivity index (χ2n) is 6.34. The quantitative estimate of drug-likeness (QED) is 0.897. The topological polar surface area (TPSA) is 41.1 Å². The number of nitrogens with one attached hydrogen (secondary N) is 1. The fourth-order valence-corrected chi connectivity index (χ4v) is 3.00. The van der Waals surface area contributed by atoms with Gasteiger partial charge >= 0.3 is 0 Å². The summed E-state index contributed by atoms with van der Waals surface area (Å²) in [6.07, 6.45) is 9.05. The Kier molecular flexibility index (Phi) is 5.35. The van der Waals surface area contributed by atoms with Crippen molar-refractivity contribution in [1.82, 2.24) is 15.3 Å². The molecule has 1 aromatic heterocycles. The maximum atomic E-state index is 4.76. The zero-order valence-corrected chi connectivity index (χ0v) is 13.3. The van der Waals surface area contributed by atoms with E-state index in [0.29, 0.717) is 12.1 Å². The highest BCUT2D eigenvalue weighted by molar-refractivity contribution is 5.37. The van der Waals surface area contributed by atoms with Crippen LogP contribution in [-0.2, 0) is 6.54 Å². The van der Waals surface area contributed by atoms with E-state index in [0.717, 1.165) is 24.0 Å². The maximum absolute atomic E-state index is 4.76. The van der Waals surface area contributed by atoms with Gasteiger partial charge in [0.25, 0.3) is 0 Å². The molecule has 1 aliphatic rings.